The fraction of sp³-hybridized carbons (Fsp3) is 0.308. The maximum absolute atomic E-state index is 5.29. The zero-order chi connectivity index (χ0) is 13.7. The van der Waals surface area contributed by atoms with Crippen LogP contribution in [-0.4, -0.2) is 31.5 Å². The predicted octanol–water partition coefficient (Wildman–Crippen LogP) is 2.05. The monoisotopic (exact) mass is 263 g/mol. The number of H-pyrrole nitrogens is 1. The molecule has 0 amide bonds. The predicted molar refractivity (Wildman–Crippen MR) is 72.0 cm³/mol. The number of anilines is 1. The van der Waals surface area contributed by atoms with E-state index in [2.05, 4.69) is 15.5 Å². The molecule has 0 atom stereocenters. The van der Waals surface area contributed by atoms with Crippen LogP contribution < -0.4 is 19.5 Å². The van der Waals surface area contributed by atoms with E-state index in [1.54, 1.807) is 27.5 Å². The Labute approximate surface area is 111 Å². The molecule has 0 radical (unpaired) electrons. The number of aromatic amines is 1. The molecule has 0 bridgehead atoms. The Morgan fingerprint density at radius 2 is 1.79 bits per heavy atom. The average Bonchev–Trinajstić information content (AvgIpc) is 2.97. The van der Waals surface area contributed by atoms with E-state index < -0.39 is 0 Å². The number of methoxy groups -OCH3 is 3. The SMILES string of the molecule is COc1cc(NCc2ccn[nH]2)cc(OC)c1OC. The van der Waals surface area contributed by atoms with Crippen LogP contribution in [0.15, 0.2) is 24.4 Å². The molecule has 19 heavy (non-hydrogen) atoms. The Balaban J connectivity index is 2.20. The molecule has 0 aliphatic heterocycles. The van der Waals surface area contributed by atoms with Crippen molar-refractivity contribution in [3.8, 4) is 17.2 Å². The zero-order valence-electron chi connectivity index (χ0n) is 11.2. The van der Waals surface area contributed by atoms with Gasteiger partial charge in [0.25, 0.3) is 0 Å². The number of nitrogens with zero attached hydrogens (tertiary/aromatic N) is 1. The fourth-order valence-corrected chi connectivity index (χ4v) is 1.76. The summed E-state index contributed by atoms with van der Waals surface area (Å²) in [5.74, 6) is 1.82. The topological polar surface area (TPSA) is 68.4 Å². The summed E-state index contributed by atoms with van der Waals surface area (Å²) in [6, 6.07) is 5.63. The number of benzene rings is 1. The van der Waals surface area contributed by atoms with E-state index in [-0.39, 0.29) is 0 Å². The van der Waals surface area contributed by atoms with E-state index in [1.807, 2.05) is 18.2 Å². The summed E-state index contributed by atoms with van der Waals surface area (Å²) in [5, 5.41) is 10.0. The number of aromatic nitrogens is 2. The summed E-state index contributed by atoms with van der Waals surface area (Å²) in [6.45, 7) is 0.638. The molecule has 1 heterocycles. The third-order valence-corrected chi connectivity index (χ3v) is 2.71. The highest BCUT2D eigenvalue weighted by Crippen LogP contribution is 2.39. The Morgan fingerprint density at radius 1 is 1.11 bits per heavy atom. The van der Waals surface area contributed by atoms with Crippen LogP contribution in [0, 0.1) is 0 Å². The third-order valence-electron chi connectivity index (χ3n) is 2.71. The molecule has 1 aromatic carbocycles. The molecule has 0 unspecified atom stereocenters. The lowest BCUT2D eigenvalue weighted by Crippen LogP contribution is -2.02. The van der Waals surface area contributed by atoms with Gasteiger partial charge in [-0.1, -0.05) is 0 Å². The first-order valence-electron chi connectivity index (χ1n) is 5.80. The van der Waals surface area contributed by atoms with E-state index in [4.69, 9.17) is 14.2 Å². The Morgan fingerprint density at radius 3 is 2.26 bits per heavy atom. The number of rotatable bonds is 6. The van der Waals surface area contributed by atoms with Gasteiger partial charge in [-0.05, 0) is 6.07 Å². The van der Waals surface area contributed by atoms with Crippen LogP contribution in [0.4, 0.5) is 5.69 Å². The lowest BCUT2D eigenvalue weighted by atomic mass is 10.2. The minimum absolute atomic E-state index is 0.581. The quantitative estimate of drug-likeness (QED) is 0.834. The van der Waals surface area contributed by atoms with Gasteiger partial charge in [0.15, 0.2) is 11.5 Å². The van der Waals surface area contributed by atoms with Gasteiger partial charge in [-0.2, -0.15) is 5.10 Å². The second-order valence-corrected chi connectivity index (χ2v) is 3.85. The van der Waals surface area contributed by atoms with E-state index >= 15 is 0 Å². The number of ether oxygens (including phenoxy) is 3. The summed E-state index contributed by atoms with van der Waals surface area (Å²) < 4.78 is 15.9. The minimum Gasteiger partial charge on any atom is -0.493 e. The van der Waals surface area contributed by atoms with Gasteiger partial charge >= 0.3 is 0 Å². The Kier molecular flexibility index (Phi) is 4.12. The normalized spacial score (nSPS) is 10.1. The smallest absolute Gasteiger partial charge is 0.203 e. The highest BCUT2D eigenvalue weighted by molar-refractivity contribution is 5.62. The maximum atomic E-state index is 5.29. The lowest BCUT2D eigenvalue weighted by Gasteiger charge is -2.14. The van der Waals surface area contributed by atoms with Crippen molar-refractivity contribution in [2.45, 2.75) is 6.54 Å². The molecule has 0 aliphatic rings. The Hall–Kier alpha value is -2.37. The first kappa shape index (κ1) is 13.1. The van der Waals surface area contributed by atoms with Gasteiger partial charge in [-0.25, -0.2) is 0 Å². The molecule has 0 fully saturated rings. The van der Waals surface area contributed by atoms with Crippen molar-refractivity contribution >= 4 is 5.69 Å². The van der Waals surface area contributed by atoms with Crippen LogP contribution in [0.3, 0.4) is 0 Å². The van der Waals surface area contributed by atoms with Crippen molar-refractivity contribution in [3.05, 3.63) is 30.1 Å². The van der Waals surface area contributed by atoms with Crippen molar-refractivity contribution in [3.63, 3.8) is 0 Å². The van der Waals surface area contributed by atoms with Gasteiger partial charge in [0.1, 0.15) is 0 Å². The molecule has 2 aromatic rings. The first-order chi connectivity index (χ1) is 9.28. The number of nitrogens with one attached hydrogen (secondary N) is 2. The average molecular weight is 263 g/mol. The molecule has 0 saturated heterocycles. The molecule has 2 N–H and O–H groups in total. The largest absolute Gasteiger partial charge is 0.493 e. The third kappa shape index (κ3) is 2.90. The van der Waals surface area contributed by atoms with E-state index in [0.29, 0.717) is 23.8 Å². The fourth-order valence-electron chi connectivity index (χ4n) is 1.76. The standard InChI is InChI=1S/C13H17N3O3/c1-17-11-6-10(7-12(18-2)13(11)19-3)14-8-9-4-5-15-16-9/h4-7,14H,8H2,1-3H3,(H,15,16). The van der Waals surface area contributed by atoms with Gasteiger partial charge in [-0.3, -0.25) is 5.10 Å². The number of hydrogen-bond donors (Lipinski definition) is 2. The van der Waals surface area contributed by atoms with Crippen LogP contribution in [0.2, 0.25) is 0 Å². The van der Waals surface area contributed by atoms with Crippen LogP contribution in [0.5, 0.6) is 17.2 Å². The molecule has 6 heteroatoms. The van der Waals surface area contributed by atoms with Crippen LogP contribution in [0.1, 0.15) is 5.69 Å². The molecule has 2 rings (SSSR count). The molecule has 0 aliphatic carbocycles. The molecule has 6 nitrogen and oxygen atoms in total. The second-order valence-electron chi connectivity index (χ2n) is 3.85. The van der Waals surface area contributed by atoms with E-state index in [0.717, 1.165) is 11.4 Å². The van der Waals surface area contributed by atoms with Gasteiger partial charge in [0, 0.05) is 24.0 Å². The van der Waals surface area contributed by atoms with E-state index in [9.17, 15) is 0 Å². The summed E-state index contributed by atoms with van der Waals surface area (Å²) in [4.78, 5) is 0. The second kappa shape index (κ2) is 5.99. The molecular formula is C13H17N3O3. The van der Waals surface area contributed by atoms with Crippen LogP contribution in [-0.2, 0) is 6.54 Å². The summed E-state index contributed by atoms with van der Waals surface area (Å²) >= 11 is 0. The van der Waals surface area contributed by atoms with Crippen molar-refractivity contribution in [1.29, 1.82) is 0 Å². The molecular weight excluding hydrogens is 246 g/mol. The van der Waals surface area contributed by atoms with Crippen LogP contribution in [0.25, 0.3) is 0 Å². The minimum atomic E-state index is 0.581. The summed E-state index contributed by atoms with van der Waals surface area (Å²) in [6.07, 6.45) is 1.71. The van der Waals surface area contributed by atoms with Crippen molar-refractivity contribution < 1.29 is 14.2 Å². The van der Waals surface area contributed by atoms with Gasteiger partial charge in [-0.15, -0.1) is 0 Å². The summed E-state index contributed by atoms with van der Waals surface area (Å²) in [5.41, 5.74) is 1.87. The first-order valence-corrected chi connectivity index (χ1v) is 5.80. The highest BCUT2D eigenvalue weighted by atomic mass is 16.5. The van der Waals surface area contributed by atoms with Crippen molar-refractivity contribution in [1.82, 2.24) is 10.2 Å². The number of hydrogen-bond acceptors (Lipinski definition) is 5. The van der Waals surface area contributed by atoms with Crippen molar-refractivity contribution in [2.75, 3.05) is 26.6 Å². The van der Waals surface area contributed by atoms with Gasteiger partial charge < -0.3 is 19.5 Å². The van der Waals surface area contributed by atoms with Crippen LogP contribution >= 0.6 is 0 Å². The molecule has 0 saturated carbocycles. The van der Waals surface area contributed by atoms with Gasteiger partial charge in [0.2, 0.25) is 5.75 Å². The summed E-state index contributed by atoms with van der Waals surface area (Å²) in [7, 11) is 4.77. The van der Waals surface area contributed by atoms with Crippen molar-refractivity contribution in [2.24, 2.45) is 0 Å². The molecule has 1 aromatic heterocycles. The maximum Gasteiger partial charge on any atom is 0.203 e. The lowest BCUT2D eigenvalue weighted by molar-refractivity contribution is 0.324. The van der Waals surface area contributed by atoms with E-state index in [1.165, 1.54) is 0 Å². The highest BCUT2D eigenvalue weighted by Gasteiger charge is 2.12. The Bertz CT molecular complexity index is 501. The molecule has 102 valence electrons. The zero-order valence-corrected chi connectivity index (χ0v) is 11.2. The molecule has 0 spiro atoms. The van der Waals surface area contributed by atoms with Gasteiger partial charge in [0.05, 0.1) is 33.6 Å².